The maximum Gasteiger partial charge on any atom is 0.175 e. The molecule has 0 atom stereocenters. The van der Waals surface area contributed by atoms with E-state index in [9.17, 15) is 4.79 Å². The van der Waals surface area contributed by atoms with Crippen LogP contribution in [0.25, 0.3) is 10.4 Å². The predicted octanol–water partition coefficient (Wildman–Crippen LogP) is 4.77. The van der Waals surface area contributed by atoms with Crippen LogP contribution in [0.3, 0.4) is 0 Å². The lowest BCUT2D eigenvalue weighted by Gasteiger charge is -1.97. The van der Waals surface area contributed by atoms with Crippen molar-refractivity contribution < 1.29 is 4.79 Å². The Morgan fingerprint density at radius 2 is 1.82 bits per heavy atom. The quantitative estimate of drug-likeness (QED) is 0.746. The van der Waals surface area contributed by atoms with Crippen LogP contribution in [0.5, 0.6) is 0 Å². The first-order chi connectivity index (χ1) is 8.24. The van der Waals surface area contributed by atoms with Crippen LogP contribution in [0.15, 0.2) is 40.9 Å². The Bertz CT molecular complexity index is 552. The van der Waals surface area contributed by atoms with Crippen molar-refractivity contribution >= 4 is 33.0 Å². The summed E-state index contributed by atoms with van der Waals surface area (Å²) in [5, 5.41) is 0. The van der Waals surface area contributed by atoms with Gasteiger partial charge in [0.15, 0.2) is 5.78 Å². The van der Waals surface area contributed by atoms with E-state index in [0.717, 1.165) is 22.2 Å². The fourth-order valence-corrected chi connectivity index (χ4v) is 3.08. The van der Waals surface area contributed by atoms with Gasteiger partial charge >= 0.3 is 0 Å². The highest BCUT2D eigenvalue weighted by Crippen LogP contribution is 2.36. The highest BCUT2D eigenvalue weighted by atomic mass is 79.9. The second-order valence-corrected chi connectivity index (χ2v) is 6.31. The van der Waals surface area contributed by atoms with Crippen molar-refractivity contribution in [1.29, 1.82) is 0 Å². The molecule has 2 aromatic rings. The number of ketones is 1. The molecule has 3 heteroatoms. The lowest BCUT2D eigenvalue weighted by atomic mass is 10.2. The van der Waals surface area contributed by atoms with Crippen molar-refractivity contribution in [2.75, 3.05) is 0 Å². The Balaban J connectivity index is 1.88. The molecule has 0 bridgehead atoms. The summed E-state index contributed by atoms with van der Waals surface area (Å²) in [6, 6.07) is 12.2. The van der Waals surface area contributed by atoms with Crippen LogP contribution in [0, 0.1) is 5.92 Å². The van der Waals surface area contributed by atoms with E-state index in [0.29, 0.717) is 11.7 Å². The van der Waals surface area contributed by atoms with E-state index in [2.05, 4.69) is 28.1 Å². The smallest absolute Gasteiger partial charge is 0.175 e. The molecule has 1 aliphatic carbocycles. The molecular weight excluding hydrogens is 296 g/mol. The highest BCUT2D eigenvalue weighted by Gasteiger charge is 2.31. The van der Waals surface area contributed by atoms with Crippen molar-refractivity contribution in [3.8, 4) is 10.4 Å². The van der Waals surface area contributed by atoms with Crippen molar-refractivity contribution in [2.45, 2.75) is 12.8 Å². The molecule has 17 heavy (non-hydrogen) atoms. The molecule has 1 aromatic heterocycles. The summed E-state index contributed by atoms with van der Waals surface area (Å²) in [4.78, 5) is 14.0. The number of halogens is 1. The molecule has 1 aliphatic rings. The molecule has 0 aliphatic heterocycles. The summed E-state index contributed by atoms with van der Waals surface area (Å²) in [6.45, 7) is 0. The molecule has 1 nitrogen and oxygen atoms in total. The number of thiophene rings is 1. The van der Waals surface area contributed by atoms with E-state index in [-0.39, 0.29) is 0 Å². The molecule has 0 saturated heterocycles. The molecule has 0 unspecified atom stereocenters. The lowest BCUT2D eigenvalue weighted by molar-refractivity contribution is 0.0971. The first kappa shape index (κ1) is 11.2. The summed E-state index contributed by atoms with van der Waals surface area (Å²) in [5.74, 6) is 0.643. The second kappa shape index (κ2) is 4.39. The average molecular weight is 307 g/mol. The van der Waals surface area contributed by atoms with Gasteiger partial charge in [-0.3, -0.25) is 4.79 Å². The van der Waals surface area contributed by atoms with Gasteiger partial charge in [-0.2, -0.15) is 0 Å². The topological polar surface area (TPSA) is 17.1 Å². The summed E-state index contributed by atoms with van der Waals surface area (Å²) in [6.07, 6.45) is 2.15. The molecule has 1 saturated carbocycles. The average Bonchev–Trinajstić information content (AvgIpc) is 3.07. The molecule has 0 radical (unpaired) electrons. The number of hydrogen-bond acceptors (Lipinski definition) is 2. The molecule has 0 N–H and O–H groups in total. The molecule has 86 valence electrons. The molecule has 1 fully saturated rings. The maximum absolute atomic E-state index is 11.9. The third-order valence-corrected chi connectivity index (χ3v) is 4.60. The number of carbonyl (C=O) groups excluding carboxylic acids is 1. The molecule has 0 amide bonds. The van der Waals surface area contributed by atoms with Crippen LogP contribution in [-0.4, -0.2) is 5.78 Å². The van der Waals surface area contributed by atoms with Gasteiger partial charge in [-0.05, 0) is 42.7 Å². The normalized spacial score (nSPS) is 14.9. The van der Waals surface area contributed by atoms with Gasteiger partial charge in [0.2, 0.25) is 0 Å². The molecule has 1 aromatic carbocycles. The minimum Gasteiger partial charge on any atom is -0.293 e. The SMILES string of the molecule is O=C(c1ccc(-c2ccc(Br)cc2)s1)C1CC1. The van der Waals surface area contributed by atoms with Gasteiger partial charge in [-0.15, -0.1) is 11.3 Å². The Morgan fingerprint density at radius 3 is 2.47 bits per heavy atom. The minimum absolute atomic E-state index is 0.311. The van der Waals surface area contributed by atoms with Gasteiger partial charge in [0.1, 0.15) is 0 Å². The number of Topliss-reactive ketones (excluding diaryl/α,β-unsaturated/α-hetero) is 1. The molecule has 3 rings (SSSR count). The largest absolute Gasteiger partial charge is 0.293 e. The number of carbonyl (C=O) groups is 1. The fourth-order valence-electron chi connectivity index (χ4n) is 1.79. The van der Waals surface area contributed by atoms with E-state index >= 15 is 0 Å². The van der Waals surface area contributed by atoms with E-state index in [1.54, 1.807) is 11.3 Å². The lowest BCUT2D eigenvalue weighted by Crippen LogP contribution is -1.96. The first-order valence-corrected chi connectivity index (χ1v) is 7.25. The van der Waals surface area contributed by atoms with E-state index < -0.39 is 0 Å². The standard InChI is InChI=1S/C14H11BrOS/c15-11-5-3-9(4-6-11)12-7-8-13(17-12)14(16)10-1-2-10/h3-8,10H,1-2H2. The van der Waals surface area contributed by atoms with E-state index in [4.69, 9.17) is 0 Å². The van der Waals surface area contributed by atoms with Crippen molar-refractivity contribution in [3.05, 3.63) is 45.7 Å². The van der Waals surface area contributed by atoms with Gasteiger partial charge in [0, 0.05) is 15.3 Å². The molecule has 1 heterocycles. The van der Waals surface area contributed by atoms with Crippen LogP contribution in [0.1, 0.15) is 22.5 Å². The first-order valence-electron chi connectivity index (χ1n) is 5.64. The van der Waals surface area contributed by atoms with Crippen molar-refractivity contribution in [1.82, 2.24) is 0 Å². The van der Waals surface area contributed by atoms with Crippen LogP contribution in [0.2, 0.25) is 0 Å². The summed E-state index contributed by atoms with van der Waals surface area (Å²) in [5.41, 5.74) is 1.17. The Labute approximate surface area is 113 Å². The summed E-state index contributed by atoms with van der Waals surface area (Å²) < 4.78 is 1.08. The Morgan fingerprint density at radius 1 is 1.12 bits per heavy atom. The van der Waals surface area contributed by atoms with E-state index in [1.807, 2.05) is 24.3 Å². The van der Waals surface area contributed by atoms with Crippen LogP contribution >= 0.6 is 27.3 Å². The van der Waals surface area contributed by atoms with Crippen LogP contribution in [0.4, 0.5) is 0 Å². The van der Waals surface area contributed by atoms with Gasteiger partial charge in [0.25, 0.3) is 0 Å². The summed E-state index contributed by atoms with van der Waals surface area (Å²) >= 11 is 5.03. The van der Waals surface area contributed by atoms with Gasteiger partial charge in [0.05, 0.1) is 4.88 Å². The fraction of sp³-hybridized carbons (Fsp3) is 0.214. The van der Waals surface area contributed by atoms with Gasteiger partial charge in [-0.25, -0.2) is 0 Å². The third kappa shape index (κ3) is 2.35. The maximum atomic E-state index is 11.9. The number of benzene rings is 1. The molecule has 0 spiro atoms. The number of hydrogen-bond donors (Lipinski definition) is 0. The van der Waals surface area contributed by atoms with Gasteiger partial charge < -0.3 is 0 Å². The predicted molar refractivity (Wildman–Crippen MR) is 74.5 cm³/mol. The highest BCUT2D eigenvalue weighted by molar-refractivity contribution is 9.10. The van der Waals surface area contributed by atoms with E-state index in [1.165, 1.54) is 10.4 Å². The Kier molecular flexibility index (Phi) is 2.89. The third-order valence-electron chi connectivity index (χ3n) is 2.93. The zero-order valence-electron chi connectivity index (χ0n) is 9.15. The van der Waals surface area contributed by atoms with Crippen molar-refractivity contribution in [2.24, 2.45) is 5.92 Å². The van der Waals surface area contributed by atoms with Crippen molar-refractivity contribution in [3.63, 3.8) is 0 Å². The number of rotatable bonds is 3. The zero-order valence-corrected chi connectivity index (χ0v) is 11.6. The monoisotopic (exact) mass is 306 g/mol. The van der Waals surface area contributed by atoms with Gasteiger partial charge in [-0.1, -0.05) is 28.1 Å². The minimum atomic E-state index is 0.311. The zero-order chi connectivity index (χ0) is 11.8. The van der Waals surface area contributed by atoms with Crippen LogP contribution in [-0.2, 0) is 0 Å². The molecular formula is C14H11BrOS. The van der Waals surface area contributed by atoms with Crippen LogP contribution < -0.4 is 0 Å². The second-order valence-electron chi connectivity index (χ2n) is 4.31. The Hall–Kier alpha value is -0.930. The summed E-state index contributed by atoms with van der Waals surface area (Å²) in [7, 11) is 0.